The molecule has 0 fully saturated rings. The summed E-state index contributed by atoms with van der Waals surface area (Å²) >= 11 is 0. The maximum absolute atomic E-state index is 12.8. The molecule has 2 unspecified atom stereocenters. The number of allylic oxidation sites excluding steroid dienone is 4. The van der Waals surface area contributed by atoms with Crippen molar-refractivity contribution in [1.82, 2.24) is 0 Å². The minimum Gasteiger partial charge on any atom is -0.477 e. The molecule has 0 amide bonds. The van der Waals surface area contributed by atoms with Gasteiger partial charge in [-0.1, -0.05) is 231 Å². The Morgan fingerprint density at radius 1 is 0.462 bits per heavy atom. The van der Waals surface area contributed by atoms with E-state index in [0.29, 0.717) is 19.3 Å². The highest BCUT2D eigenvalue weighted by atomic mass is 16.6. The second-order valence-corrected chi connectivity index (χ2v) is 20.2. The van der Waals surface area contributed by atoms with Gasteiger partial charge in [0.1, 0.15) is 6.61 Å². The Bertz CT molecular complexity index is 1120. The predicted octanol–water partition coefficient (Wildman–Crippen LogP) is 16.4. The summed E-state index contributed by atoms with van der Waals surface area (Å²) in [5, 5.41) is 9.67. The predicted molar refractivity (Wildman–Crippen MR) is 275 cm³/mol. The van der Waals surface area contributed by atoms with E-state index in [9.17, 15) is 19.5 Å². The number of hydrogen-bond donors (Lipinski definition) is 1. The number of carbonyl (C=O) groups is 3. The summed E-state index contributed by atoms with van der Waals surface area (Å²) in [7, 11) is 5.55. The van der Waals surface area contributed by atoms with Crippen LogP contribution in [0.25, 0.3) is 0 Å². The van der Waals surface area contributed by atoms with Gasteiger partial charge in [-0.05, 0) is 44.9 Å². The van der Waals surface area contributed by atoms with Crippen molar-refractivity contribution in [3.05, 3.63) is 24.3 Å². The third-order valence-electron chi connectivity index (χ3n) is 12.9. The Labute approximate surface area is 402 Å². The molecule has 0 aromatic rings. The largest absolute Gasteiger partial charge is 0.477 e. The molecule has 0 rings (SSSR count). The van der Waals surface area contributed by atoms with Gasteiger partial charge in [-0.15, -0.1) is 0 Å². The zero-order valence-electron chi connectivity index (χ0n) is 43.7. The van der Waals surface area contributed by atoms with Crippen molar-refractivity contribution < 1.29 is 38.2 Å². The third kappa shape index (κ3) is 46.7. The molecule has 0 saturated heterocycles. The number of unbranched alkanes of at least 4 members (excludes halogenated alkanes) is 33. The van der Waals surface area contributed by atoms with E-state index in [0.717, 1.165) is 44.9 Å². The molecule has 8 nitrogen and oxygen atoms in total. The van der Waals surface area contributed by atoms with Gasteiger partial charge < -0.3 is 23.8 Å². The molecule has 382 valence electrons. The van der Waals surface area contributed by atoms with E-state index < -0.39 is 18.1 Å². The molecule has 0 aromatic carbocycles. The van der Waals surface area contributed by atoms with Gasteiger partial charge in [0, 0.05) is 19.3 Å². The number of rotatable bonds is 51. The fourth-order valence-electron chi connectivity index (χ4n) is 8.54. The molecule has 0 radical (unpaired) electrons. The SMILES string of the molecule is CCCCC/C=C\C/C=C\CCCCCCCCCCCC(=O)OC(COCCC(C(=O)O)[N+](C)(C)C)COC(=O)CCCCCCCCCCCCCCCCCCCCCCCC. The number of carboxylic acids is 1. The van der Waals surface area contributed by atoms with Gasteiger partial charge in [-0.3, -0.25) is 9.59 Å². The van der Waals surface area contributed by atoms with Crippen LogP contribution in [0.5, 0.6) is 0 Å². The molecule has 0 aliphatic carbocycles. The summed E-state index contributed by atoms with van der Waals surface area (Å²) < 4.78 is 17.4. The molecule has 0 aromatic heterocycles. The monoisotopic (exact) mass is 919 g/mol. The van der Waals surface area contributed by atoms with Crippen LogP contribution >= 0.6 is 0 Å². The van der Waals surface area contributed by atoms with Crippen LogP contribution in [0.15, 0.2) is 24.3 Å². The number of hydrogen-bond acceptors (Lipinski definition) is 6. The van der Waals surface area contributed by atoms with Crippen molar-refractivity contribution in [3.63, 3.8) is 0 Å². The molecule has 2 atom stereocenters. The van der Waals surface area contributed by atoms with Gasteiger partial charge in [0.05, 0.1) is 34.4 Å². The first-order chi connectivity index (χ1) is 31.6. The molecule has 0 spiro atoms. The second-order valence-electron chi connectivity index (χ2n) is 20.2. The third-order valence-corrected chi connectivity index (χ3v) is 12.9. The maximum atomic E-state index is 12.8. The second kappa shape index (κ2) is 48.3. The average Bonchev–Trinajstić information content (AvgIpc) is 3.27. The number of likely N-dealkylation sites (N-methyl/N-ethyl adjacent to an activating group) is 1. The van der Waals surface area contributed by atoms with Crippen LogP contribution in [-0.2, 0) is 28.6 Å². The van der Waals surface area contributed by atoms with Gasteiger partial charge in [0.25, 0.3) is 0 Å². The summed E-state index contributed by atoms with van der Waals surface area (Å²) in [4.78, 5) is 37.2. The fraction of sp³-hybridized carbons (Fsp3) is 0.877. The molecule has 0 heterocycles. The smallest absolute Gasteiger partial charge is 0.362 e. The van der Waals surface area contributed by atoms with E-state index >= 15 is 0 Å². The molecule has 0 bridgehead atoms. The fourth-order valence-corrected chi connectivity index (χ4v) is 8.54. The first-order valence-electron chi connectivity index (χ1n) is 27.9. The van der Waals surface area contributed by atoms with Crippen molar-refractivity contribution in [1.29, 1.82) is 0 Å². The highest BCUT2D eigenvalue weighted by Crippen LogP contribution is 2.17. The van der Waals surface area contributed by atoms with Crippen LogP contribution in [-0.4, -0.2) is 80.6 Å². The Morgan fingerprint density at radius 2 is 0.815 bits per heavy atom. The van der Waals surface area contributed by atoms with Crippen molar-refractivity contribution in [2.75, 3.05) is 41.0 Å². The number of aliphatic carboxylic acids is 1. The van der Waals surface area contributed by atoms with Crippen molar-refractivity contribution >= 4 is 17.9 Å². The summed E-state index contributed by atoms with van der Waals surface area (Å²) in [6, 6.07) is -0.613. The van der Waals surface area contributed by atoms with Gasteiger partial charge in [-0.2, -0.15) is 0 Å². The molecular weight excluding hydrogens is 811 g/mol. The lowest BCUT2D eigenvalue weighted by Gasteiger charge is -2.31. The Hall–Kier alpha value is -2.19. The van der Waals surface area contributed by atoms with Crippen LogP contribution < -0.4 is 0 Å². The molecular formula is C57H108NO7+. The normalized spacial score (nSPS) is 12.9. The number of nitrogens with zero attached hydrogens (tertiary/aromatic N) is 1. The van der Waals surface area contributed by atoms with Crippen molar-refractivity contribution in [2.24, 2.45) is 0 Å². The topological polar surface area (TPSA) is 99.1 Å². The van der Waals surface area contributed by atoms with Crippen LogP contribution in [0.1, 0.15) is 271 Å². The van der Waals surface area contributed by atoms with Crippen molar-refractivity contribution in [2.45, 2.75) is 283 Å². The van der Waals surface area contributed by atoms with E-state index in [2.05, 4.69) is 38.2 Å². The van der Waals surface area contributed by atoms with Gasteiger partial charge in [0.15, 0.2) is 12.1 Å². The Morgan fingerprint density at radius 3 is 1.22 bits per heavy atom. The molecule has 1 N–H and O–H groups in total. The molecule has 8 heteroatoms. The molecule has 65 heavy (non-hydrogen) atoms. The summed E-state index contributed by atoms with van der Waals surface area (Å²) in [6.07, 6.45) is 56.6. The Balaban J connectivity index is 4.15. The standard InChI is InChI=1S/C57H107NO7/c1-6-8-10-12-14-16-18-20-22-24-26-27-28-30-31-33-35-37-39-41-43-45-47-55(59)64-52-53(51-63-50-49-54(57(61)62)58(3,4)5)65-56(60)48-46-44-42-40-38-36-34-32-29-25-23-21-19-17-15-13-11-9-7-2/h15,17,21,23,53-54H,6-14,16,18-20,22,24-52H2,1-5H3/p+1/b17-15-,23-21-. The summed E-state index contributed by atoms with van der Waals surface area (Å²) in [5.41, 5.74) is 0. The van der Waals surface area contributed by atoms with Crippen LogP contribution in [0.2, 0.25) is 0 Å². The maximum Gasteiger partial charge on any atom is 0.362 e. The molecule has 0 saturated carbocycles. The zero-order valence-corrected chi connectivity index (χ0v) is 43.7. The van der Waals surface area contributed by atoms with Crippen molar-refractivity contribution in [3.8, 4) is 0 Å². The van der Waals surface area contributed by atoms with E-state index in [1.54, 1.807) is 0 Å². The minimum atomic E-state index is -0.871. The van der Waals surface area contributed by atoms with E-state index in [1.165, 1.54) is 193 Å². The number of esters is 2. The van der Waals surface area contributed by atoms with Crippen LogP contribution in [0.4, 0.5) is 0 Å². The first kappa shape index (κ1) is 62.8. The van der Waals surface area contributed by atoms with Crippen LogP contribution in [0, 0.1) is 0 Å². The number of quaternary nitrogens is 1. The van der Waals surface area contributed by atoms with Gasteiger partial charge in [-0.25, -0.2) is 4.79 Å². The highest BCUT2D eigenvalue weighted by Gasteiger charge is 2.31. The summed E-state index contributed by atoms with van der Waals surface area (Å²) in [5.74, 6) is -1.45. The number of ether oxygens (including phenoxy) is 3. The average molecular weight is 919 g/mol. The van der Waals surface area contributed by atoms with E-state index in [-0.39, 0.29) is 36.2 Å². The molecule has 0 aliphatic rings. The number of carboxylic acid groups (broad SMARTS) is 1. The summed E-state index contributed by atoms with van der Waals surface area (Å²) in [6.45, 7) is 4.76. The lowest BCUT2D eigenvalue weighted by atomic mass is 10.0. The highest BCUT2D eigenvalue weighted by molar-refractivity contribution is 5.72. The van der Waals surface area contributed by atoms with Crippen LogP contribution in [0.3, 0.4) is 0 Å². The van der Waals surface area contributed by atoms with E-state index in [4.69, 9.17) is 14.2 Å². The van der Waals surface area contributed by atoms with Gasteiger partial charge >= 0.3 is 17.9 Å². The lowest BCUT2D eigenvalue weighted by Crippen LogP contribution is -2.50. The lowest BCUT2D eigenvalue weighted by molar-refractivity contribution is -0.887. The number of carbonyl (C=O) groups excluding carboxylic acids is 2. The first-order valence-corrected chi connectivity index (χ1v) is 27.9. The minimum absolute atomic E-state index is 0.0472. The molecule has 0 aliphatic heterocycles. The zero-order chi connectivity index (χ0) is 47.7. The van der Waals surface area contributed by atoms with Gasteiger partial charge in [0.2, 0.25) is 0 Å². The van der Waals surface area contributed by atoms with E-state index in [1.807, 2.05) is 21.1 Å². The quantitative estimate of drug-likeness (QED) is 0.0281. The Kier molecular flexibility index (Phi) is 46.6.